The van der Waals surface area contributed by atoms with Gasteiger partial charge in [-0.3, -0.25) is 4.79 Å². The lowest BCUT2D eigenvalue weighted by atomic mass is 10.2. The number of amides is 1. The number of ether oxygens (including phenoxy) is 1. The highest BCUT2D eigenvalue weighted by Crippen LogP contribution is 2.08. The molecule has 0 radical (unpaired) electrons. The van der Waals surface area contributed by atoms with Crippen molar-refractivity contribution in [3.05, 3.63) is 35.9 Å². The molecule has 94 valence electrons. The minimum Gasteiger partial charge on any atom is -0.366 e. The summed E-state index contributed by atoms with van der Waals surface area (Å²) in [7, 11) is 1.79. The normalized spacial score (nSPS) is 11.3. The van der Waals surface area contributed by atoms with Gasteiger partial charge in [0.1, 0.15) is 6.61 Å². The molecule has 1 aromatic carbocycles. The molecule has 0 aliphatic carbocycles. The molecule has 0 N–H and O–H groups in total. The van der Waals surface area contributed by atoms with E-state index < -0.39 is 0 Å². The number of carbonyl (C=O) groups is 1. The van der Waals surface area contributed by atoms with E-state index in [0.29, 0.717) is 6.54 Å². The third-order valence-electron chi connectivity index (χ3n) is 2.32. The summed E-state index contributed by atoms with van der Waals surface area (Å²) in [6.45, 7) is 6.58. The smallest absolute Gasteiger partial charge is 0.248 e. The van der Waals surface area contributed by atoms with Crippen LogP contribution >= 0.6 is 0 Å². The van der Waals surface area contributed by atoms with Crippen molar-refractivity contribution in [2.75, 3.05) is 13.7 Å². The Balaban J connectivity index is 2.43. The second-order valence-corrected chi connectivity index (χ2v) is 5.14. The largest absolute Gasteiger partial charge is 0.366 e. The first kappa shape index (κ1) is 13.7. The van der Waals surface area contributed by atoms with Crippen LogP contribution in [-0.2, 0) is 16.1 Å². The molecule has 0 bridgehead atoms. The number of likely N-dealkylation sites (N-methyl/N-ethyl adjacent to an activating group) is 1. The van der Waals surface area contributed by atoms with E-state index in [1.54, 1.807) is 11.9 Å². The molecular formula is C14H21NO2. The average Bonchev–Trinajstić information content (AvgIpc) is 2.26. The Kier molecular flexibility index (Phi) is 4.70. The fourth-order valence-corrected chi connectivity index (χ4v) is 1.33. The molecule has 0 heterocycles. The van der Waals surface area contributed by atoms with Gasteiger partial charge < -0.3 is 9.64 Å². The molecule has 0 saturated carbocycles. The van der Waals surface area contributed by atoms with Gasteiger partial charge >= 0.3 is 0 Å². The fourth-order valence-electron chi connectivity index (χ4n) is 1.33. The van der Waals surface area contributed by atoms with Crippen molar-refractivity contribution in [1.29, 1.82) is 0 Å². The summed E-state index contributed by atoms with van der Waals surface area (Å²) in [5, 5.41) is 0. The summed E-state index contributed by atoms with van der Waals surface area (Å²) in [6.07, 6.45) is 0. The minimum atomic E-state index is -0.275. The van der Waals surface area contributed by atoms with Crippen LogP contribution in [-0.4, -0.2) is 30.1 Å². The van der Waals surface area contributed by atoms with Gasteiger partial charge in [0.15, 0.2) is 0 Å². The first-order valence-corrected chi connectivity index (χ1v) is 5.80. The van der Waals surface area contributed by atoms with Crippen molar-refractivity contribution in [2.24, 2.45) is 0 Å². The molecule has 1 rings (SSSR count). The van der Waals surface area contributed by atoms with E-state index >= 15 is 0 Å². The van der Waals surface area contributed by atoms with Crippen LogP contribution in [0.2, 0.25) is 0 Å². The van der Waals surface area contributed by atoms with Crippen LogP contribution in [0.5, 0.6) is 0 Å². The molecule has 0 saturated heterocycles. The highest BCUT2D eigenvalue weighted by molar-refractivity contribution is 5.77. The van der Waals surface area contributed by atoms with Crippen LogP contribution in [0.3, 0.4) is 0 Å². The summed E-state index contributed by atoms with van der Waals surface area (Å²) in [5.74, 6) is 0.00350. The van der Waals surface area contributed by atoms with Gasteiger partial charge in [0.25, 0.3) is 0 Å². The second-order valence-electron chi connectivity index (χ2n) is 5.14. The highest BCUT2D eigenvalue weighted by Gasteiger charge is 2.15. The highest BCUT2D eigenvalue weighted by atomic mass is 16.5. The van der Waals surface area contributed by atoms with Crippen molar-refractivity contribution in [1.82, 2.24) is 4.90 Å². The Bertz CT molecular complexity index is 354. The lowest BCUT2D eigenvalue weighted by Gasteiger charge is -2.22. The zero-order valence-corrected chi connectivity index (χ0v) is 11.1. The monoisotopic (exact) mass is 235 g/mol. The first-order chi connectivity index (χ1) is 7.88. The molecule has 0 aromatic heterocycles. The summed E-state index contributed by atoms with van der Waals surface area (Å²) in [6, 6.07) is 9.93. The molecule has 3 heteroatoms. The molecule has 1 aromatic rings. The molecule has 3 nitrogen and oxygen atoms in total. The van der Waals surface area contributed by atoms with Gasteiger partial charge in [-0.2, -0.15) is 0 Å². The quantitative estimate of drug-likeness (QED) is 0.802. The number of benzene rings is 1. The number of hydrogen-bond donors (Lipinski definition) is 0. The molecular weight excluding hydrogens is 214 g/mol. The summed E-state index contributed by atoms with van der Waals surface area (Å²) in [4.78, 5) is 13.5. The average molecular weight is 235 g/mol. The van der Waals surface area contributed by atoms with Gasteiger partial charge in [0, 0.05) is 13.6 Å². The van der Waals surface area contributed by atoms with Crippen molar-refractivity contribution in [3.63, 3.8) is 0 Å². The lowest BCUT2D eigenvalue weighted by Crippen LogP contribution is -2.33. The van der Waals surface area contributed by atoms with E-state index in [1.165, 1.54) is 0 Å². The Morgan fingerprint density at radius 1 is 1.24 bits per heavy atom. The van der Waals surface area contributed by atoms with E-state index in [0.717, 1.165) is 5.56 Å². The van der Waals surface area contributed by atoms with Gasteiger partial charge in [-0.25, -0.2) is 0 Å². The predicted molar refractivity (Wildman–Crippen MR) is 68.6 cm³/mol. The van der Waals surface area contributed by atoms with Crippen molar-refractivity contribution in [3.8, 4) is 0 Å². The standard InChI is InChI=1S/C14H21NO2/c1-14(2,3)17-11-13(16)15(4)10-12-8-6-5-7-9-12/h5-9H,10-11H2,1-4H3. The fraction of sp³-hybridized carbons (Fsp3) is 0.500. The summed E-state index contributed by atoms with van der Waals surface area (Å²) < 4.78 is 5.46. The first-order valence-electron chi connectivity index (χ1n) is 5.80. The van der Waals surface area contributed by atoms with Gasteiger partial charge in [0.2, 0.25) is 5.91 Å². The van der Waals surface area contributed by atoms with Crippen molar-refractivity contribution in [2.45, 2.75) is 32.9 Å². The van der Waals surface area contributed by atoms with Crippen LogP contribution in [0, 0.1) is 0 Å². The molecule has 1 amide bonds. The number of rotatable bonds is 4. The van der Waals surface area contributed by atoms with Gasteiger partial charge in [-0.05, 0) is 26.3 Å². The van der Waals surface area contributed by atoms with Crippen LogP contribution in [0.1, 0.15) is 26.3 Å². The van der Waals surface area contributed by atoms with Crippen LogP contribution in [0.15, 0.2) is 30.3 Å². The number of hydrogen-bond acceptors (Lipinski definition) is 2. The zero-order chi connectivity index (χ0) is 12.9. The molecule has 17 heavy (non-hydrogen) atoms. The maximum Gasteiger partial charge on any atom is 0.248 e. The van der Waals surface area contributed by atoms with E-state index in [2.05, 4.69) is 0 Å². The Morgan fingerprint density at radius 3 is 2.35 bits per heavy atom. The summed E-state index contributed by atoms with van der Waals surface area (Å²) in [5.41, 5.74) is 0.850. The van der Waals surface area contributed by atoms with Gasteiger partial charge in [0.05, 0.1) is 5.60 Å². The molecule has 0 atom stereocenters. The van der Waals surface area contributed by atoms with E-state index in [-0.39, 0.29) is 18.1 Å². The van der Waals surface area contributed by atoms with Crippen molar-refractivity contribution < 1.29 is 9.53 Å². The van der Waals surface area contributed by atoms with E-state index in [1.807, 2.05) is 51.1 Å². The Morgan fingerprint density at radius 2 is 1.82 bits per heavy atom. The second kappa shape index (κ2) is 5.82. The minimum absolute atomic E-state index is 0.00350. The molecule has 0 unspecified atom stereocenters. The molecule has 0 aliphatic rings. The molecule has 0 fully saturated rings. The number of carbonyl (C=O) groups excluding carboxylic acids is 1. The van der Waals surface area contributed by atoms with Gasteiger partial charge in [-0.15, -0.1) is 0 Å². The number of nitrogens with zero attached hydrogens (tertiary/aromatic N) is 1. The van der Waals surface area contributed by atoms with Crippen LogP contribution in [0.25, 0.3) is 0 Å². The van der Waals surface area contributed by atoms with Crippen LogP contribution < -0.4 is 0 Å². The third kappa shape index (κ3) is 5.50. The van der Waals surface area contributed by atoms with E-state index in [9.17, 15) is 4.79 Å². The molecule has 0 aliphatic heterocycles. The lowest BCUT2D eigenvalue weighted by molar-refractivity contribution is -0.140. The Hall–Kier alpha value is -1.35. The van der Waals surface area contributed by atoms with Crippen molar-refractivity contribution >= 4 is 5.91 Å². The zero-order valence-electron chi connectivity index (χ0n) is 11.1. The van der Waals surface area contributed by atoms with E-state index in [4.69, 9.17) is 4.74 Å². The topological polar surface area (TPSA) is 29.5 Å². The third-order valence-corrected chi connectivity index (χ3v) is 2.32. The predicted octanol–water partition coefficient (Wildman–Crippen LogP) is 2.46. The SMILES string of the molecule is CN(Cc1ccccc1)C(=O)COC(C)(C)C. The summed E-state index contributed by atoms with van der Waals surface area (Å²) >= 11 is 0. The van der Waals surface area contributed by atoms with Crippen LogP contribution in [0.4, 0.5) is 0 Å². The van der Waals surface area contributed by atoms with Gasteiger partial charge in [-0.1, -0.05) is 30.3 Å². The maximum atomic E-state index is 11.8. The molecule has 0 spiro atoms. The Labute approximate surface area is 103 Å². The maximum absolute atomic E-state index is 11.8.